The Morgan fingerprint density at radius 2 is 1.96 bits per heavy atom. The summed E-state index contributed by atoms with van der Waals surface area (Å²) in [5, 5.41) is 0. The summed E-state index contributed by atoms with van der Waals surface area (Å²) in [5.74, 6) is 0.0631. The summed E-state index contributed by atoms with van der Waals surface area (Å²) in [6.07, 6.45) is 4.12. The van der Waals surface area contributed by atoms with E-state index in [9.17, 15) is 9.59 Å². The molecule has 1 aliphatic rings. The van der Waals surface area contributed by atoms with Gasteiger partial charge in [0.1, 0.15) is 11.3 Å². The first-order chi connectivity index (χ1) is 11.3. The molecule has 1 aromatic rings. The Kier molecular flexibility index (Phi) is 5.80. The van der Waals surface area contributed by atoms with Crippen molar-refractivity contribution in [3.8, 4) is 0 Å². The van der Waals surface area contributed by atoms with Gasteiger partial charge in [-0.15, -0.1) is 0 Å². The number of hydrogen-bond acceptors (Lipinski definition) is 5. The van der Waals surface area contributed by atoms with Crippen molar-refractivity contribution < 1.29 is 19.1 Å². The molecule has 24 heavy (non-hydrogen) atoms. The summed E-state index contributed by atoms with van der Waals surface area (Å²) >= 11 is 0. The zero-order chi connectivity index (χ0) is 17.7. The highest BCUT2D eigenvalue weighted by molar-refractivity contribution is 5.87. The number of ether oxygens (including phenoxy) is 2. The fourth-order valence-corrected chi connectivity index (χ4v) is 2.80. The van der Waals surface area contributed by atoms with Crippen molar-refractivity contribution >= 4 is 12.1 Å². The van der Waals surface area contributed by atoms with Crippen molar-refractivity contribution in [1.82, 2.24) is 9.88 Å². The van der Waals surface area contributed by atoms with E-state index in [1.54, 1.807) is 17.2 Å². The third kappa shape index (κ3) is 5.22. The fraction of sp³-hybridized carbons (Fsp3) is 0.611. The summed E-state index contributed by atoms with van der Waals surface area (Å²) in [6, 6.07) is 3.71. The van der Waals surface area contributed by atoms with Gasteiger partial charge in [0.2, 0.25) is 0 Å². The van der Waals surface area contributed by atoms with E-state index in [4.69, 9.17) is 9.47 Å². The van der Waals surface area contributed by atoms with Crippen molar-refractivity contribution in [3.63, 3.8) is 0 Å². The Balaban J connectivity index is 1.87. The maximum absolute atomic E-state index is 12.1. The number of piperidine rings is 1. The molecule has 2 heterocycles. The first-order valence-electron chi connectivity index (χ1n) is 8.29. The number of rotatable bonds is 3. The van der Waals surface area contributed by atoms with Gasteiger partial charge in [0, 0.05) is 19.3 Å². The SMILES string of the molecule is COC(=O)c1cc(CC2CCN(C(=O)OC(C)(C)C)CC2)ccn1. The van der Waals surface area contributed by atoms with Gasteiger partial charge in [-0.2, -0.15) is 0 Å². The average molecular weight is 334 g/mol. The Labute approximate surface area is 143 Å². The molecular formula is C18H26N2O4. The summed E-state index contributed by atoms with van der Waals surface area (Å²) in [5.41, 5.74) is 0.942. The molecule has 0 saturated carbocycles. The summed E-state index contributed by atoms with van der Waals surface area (Å²) in [7, 11) is 1.35. The van der Waals surface area contributed by atoms with E-state index >= 15 is 0 Å². The molecule has 0 atom stereocenters. The lowest BCUT2D eigenvalue weighted by molar-refractivity contribution is 0.0184. The molecule has 1 amide bonds. The molecule has 132 valence electrons. The van der Waals surface area contributed by atoms with Crippen molar-refractivity contribution in [2.75, 3.05) is 20.2 Å². The van der Waals surface area contributed by atoms with Crippen LogP contribution in [0.15, 0.2) is 18.3 Å². The molecule has 6 nitrogen and oxygen atoms in total. The number of pyridine rings is 1. The van der Waals surface area contributed by atoms with Crippen LogP contribution in [0.2, 0.25) is 0 Å². The minimum absolute atomic E-state index is 0.238. The van der Waals surface area contributed by atoms with Gasteiger partial charge < -0.3 is 14.4 Å². The van der Waals surface area contributed by atoms with Crippen LogP contribution in [0.25, 0.3) is 0 Å². The van der Waals surface area contributed by atoms with Crippen molar-refractivity contribution in [3.05, 3.63) is 29.6 Å². The zero-order valence-corrected chi connectivity index (χ0v) is 14.9. The molecule has 1 saturated heterocycles. The lowest BCUT2D eigenvalue weighted by Gasteiger charge is -2.33. The number of methoxy groups -OCH3 is 1. The van der Waals surface area contributed by atoms with Crippen LogP contribution >= 0.6 is 0 Å². The van der Waals surface area contributed by atoms with E-state index in [2.05, 4.69) is 4.98 Å². The summed E-state index contributed by atoms with van der Waals surface area (Å²) < 4.78 is 10.1. The minimum Gasteiger partial charge on any atom is -0.464 e. The highest BCUT2D eigenvalue weighted by Gasteiger charge is 2.27. The van der Waals surface area contributed by atoms with Gasteiger partial charge in [-0.1, -0.05) is 0 Å². The Bertz CT molecular complexity index is 587. The molecule has 0 bridgehead atoms. The first kappa shape index (κ1) is 18.2. The molecule has 0 aromatic carbocycles. The molecule has 0 spiro atoms. The second-order valence-corrected chi connectivity index (χ2v) is 7.16. The Morgan fingerprint density at radius 3 is 2.54 bits per heavy atom. The normalized spacial score (nSPS) is 15.9. The molecule has 0 aliphatic carbocycles. The monoisotopic (exact) mass is 334 g/mol. The van der Waals surface area contributed by atoms with Gasteiger partial charge in [0.05, 0.1) is 7.11 Å². The lowest BCUT2D eigenvalue weighted by Crippen LogP contribution is -2.42. The van der Waals surface area contributed by atoms with E-state index < -0.39 is 11.6 Å². The Morgan fingerprint density at radius 1 is 1.29 bits per heavy atom. The van der Waals surface area contributed by atoms with Crippen LogP contribution in [-0.4, -0.2) is 47.7 Å². The fourth-order valence-electron chi connectivity index (χ4n) is 2.80. The number of hydrogen-bond donors (Lipinski definition) is 0. The third-order valence-corrected chi connectivity index (χ3v) is 4.01. The molecule has 6 heteroatoms. The van der Waals surface area contributed by atoms with Crippen LogP contribution in [0.4, 0.5) is 4.79 Å². The van der Waals surface area contributed by atoms with Crippen LogP contribution in [0.5, 0.6) is 0 Å². The first-order valence-corrected chi connectivity index (χ1v) is 8.29. The number of nitrogens with zero attached hydrogens (tertiary/aromatic N) is 2. The molecular weight excluding hydrogens is 308 g/mol. The molecule has 1 aliphatic heterocycles. The van der Waals surface area contributed by atoms with Gasteiger partial charge >= 0.3 is 12.1 Å². The van der Waals surface area contributed by atoms with E-state index in [-0.39, 0.29) is 6.09 Å². The number of esters is 1. The number of likely N-dealkylation sites (tertiary alicyclic amines) is 1. The van der Waals surface area contributed by atoms with Crippen LogP contribution in [-0.2, 0) is 15.9 Å². The molecule has 0 radical (unpaired) electrons. The lowest BCUT2D eigenvalue weighted by atomic mass is 9.90. The van der Waals surface area contributed by atoms with E-state index in [0.717, 1.165) is 24.8 Å². The predicted molar refractivity (Wildman–Crippen MR) is 89.8 cm³/mol. The highest BCUT2D eigenvalue weighted by atomic mass is 16.6. The van der Waals surface area contributed by atoms with Crippen LogP contribution in [0, 0.1) is 5.92 Å². The van der Waals surface area contributed by atoms with Crippen molar-refractivity contribution in [2.24, 2.45) is 5.92 Å². The van der Waals surface area contributed by atoms with Gasteiger partial charge in [-0.05, 0) is 63.6 Å². The van der Waals surface area contributed by atoms with Crippen molar-refractivity contribution in [2.45, 2.75) is 45.6 Å². The average Bonchev–Trinajstić information content (AvgIpc) is 2.53. The summed E-state index contributed by atoms with van der Waals surface area (Å²) in [4.78, 5) is 29.4. The Hall–Kier alpha value is -2.11. The van der Waals surface area contributed by atoms with E-state index in [0.29, 0.717) is 24.7 Å². The minimum atomic E-state index is -0.463. The third-order valence-electron chi connectivity index (χ3n) is 4.01. The van der Waals surface area contributed by atoms with Gasteiger partial charge in [-0.3, -0.25) is 0 Å². The van der Waals surface area contributed by atoms with Gasteiger partial charge in [-0.25, -0.2) is 14.6 Å². The maximum atomic E-state index is 12.1. The second-order valence-electron chi connectivity index (χ2n) is 7.16. The van der Waals surface area contributed by atoms with Crippen molar-refractivity contribution in [1.29, 1.82) is 0 Å². The van der Waals surface area contributed by atoms with Crippen LogP contribution < -0.4 is 0 Å². The quantitative estimate of drug-likeness (QED) is 0.795. The van der Waals surface area contributed by atoms with E-state index in [1.807, 2.05) is 26.8 Å². The topological polar surface area (TPSA) is 68.7 Å². The molecule has 2 rings (SSSR count). The van der Waals surface area contributed by atoms with Gasteiger partial charge in [0.25, 0.3) is 0 Å². The standard InChI is InChI=1S/C18H26N2O4/c1-18(2,3)24-17(22)20-9-6-13(7-10-20)11-14-5-8-19-15(12-14)16(21)23-4/h5,8,12-13H,6-7,9-11H2,1-4H3. The maximum Gasteiger partial charge on any atom is 0.410 e. The number of aromatic nitrogens is 1. The smallest absolute Gasteiger partial charge is 0.410 e. The molecule has 0 N–H and O–H groups in total. The van der Waals surface area contributed by atoms with E-state index in [1.165, 1.54) is 7.11 Å². The van der Waals surface area contributed by atoms with Crippen LogP contribution in [0.1, 0.15) is 49.7 Å². The van der Waals surface area contributed by atoms with Gasteiger partial charge in [0.15, 0.2) is 0 Å². The second kappa shape index (κ2) is 7.64. The zero-order valence-electron chi connectivity index (χ0n) is 14.9. The molecule has 1 aromatic heterocycles. The number of carbonyl (C=O) groups is 2. The highest BCUT2D eigenvalue weighted by Crippen LogP contribution is 2.23. The number of amides is 1. The van der Waals surface area contributed by atoms with Crippen LogP contribution in [0.3, 0.4) is 0 Å². The number of carbonyl (C=O) groups excluding carboxylic acids is 2. The largest absolute Gasteiger partial charge is 0.464 e. The molecule has 0 unspecified atom stereocenters. The molecule has 1 fully saturated rings. The summed E-state index contributed by atoms with van der Waals surface area (Å²) in [6.45, 7) is 7.03. The predicted octanol–water partition coefficient (Wildman–Crippen LogP) is 3.06.